The SMILES string of the molecule is C#CCN(CN1c2ccccc2C(=O)NC1N)c1ccc(C(=O)NCc2cccc([N+](=O)[O-])c2)cc1. The van der Waals surface area contributed by atoms with E-state index in [1.807, 2.05) is 21.9 Å². The molecule has 10 nitrogen and oxygen atoms in total. The monoisotopic (exact) mass is 484 g/mol. The van der Waals surface area contributed by atoms with Gasteiger partial charge in [-0.25, -0.2) is 0 Å². The summed E-state index contributed by atoms with van der Waals surface area (Å²) in [7, 11) is 0. The number of nitro benzene ring substituents is 1. The fourth-order valence-corrected chi connectivity index (χ4v) is 3.93. The molecule has 1 aliphatic rings. The van der Waals surface area contributed by atoms with E-state index in [0.29, 0.717) is 29.0 Å². The minimum Gasteiger partial charge on any atom is -0.348 e. The number of fused-ring (bicyclic) bond motifs is 1. The van der Waals surface area contributed by atoms with Crippen molar-refractivity contribution in [3.8, 4) is 12.3 Å². The molecule has 1 aliphatic heterocycles. The molecule has 3 aromatic carbocycles. The summed E-state index contributed by atoms with van der Waals surface area (Å²) in [4.78, 5) is 39.1. The molecular formula is C26H24N6O4. The average molecular weight is 485 g/mol. The van der Waals surface area contributed by atoms with Crippen LogP contribution in [0.4, 0.5) is 17.1 Å². The van der Waals surface area contributed by atoms with Crippen molar-refractivity contribution in [2.45, 2.75) is 12.8 Å². The number of amides is 2. The van der Waals surface area contributed by atoms with E-state index < -0.39 is 11.2 Å². The zero-order valence-electron chi connectivity index (χ0n) is 19.3. The van der Waals surface area contributed by atoms with E-state index >= 15 is 0 Å². The summed E-state index contributed by atoms with van der Waals surface area (Å²) in [5.74, 6) is 2.08. The number of hydrogen-bond acceptors (Lipinski definition) is 7. The maximum Gasteiger partial charge on any atom is 0.269 e. The summed E-state index contributed by atoms with van der Waals surface area (Å²) in [6, 6.07) is 20.2. The second kappa shape index (κ2) is 10.6. The number of carbonyl (C=O) groups is 2. The number of nitrogens with zero attached hydrogens (tertiary/aromatic N) is 3. The zero-order chi connectivity index (χ0) is 25.7. The van der Waals surface area contributed by atoms with E-state index in [1.165, 1.54) is 12.1 Å². The summed E-state index contributed by atoms with van der Waals surface area (Å²) < 4.78 is 0. The molecule has 182 valence electrons. The van der Waals surface area contributed by atoms with Crippen molar-refractivity contribution in [3.05, 3.63) is 99.6 Å². The molecule has 0 aliphatic carbocycles. The van der Waals surface area contributed by atoms with Gasteiger partial charge in [0.15, 0.2) is 6.29 Å². The summed E-state index contributed by atoms with van der Waals surface area (Å²) in [6.45, 7) is 0.738. The lowest BCUT2D eigenvalue weighted by Gasteiger charge is -2.40. The van der Waals surface area contributed by atoms with Gasteiger partial charge in [0.25, 0.3) is 17.5 Å². The molecule has 0 spiro atoms. The number of non-ortho nitro benzene ring substituents is 1. The molecule has 0 saturated heterocycles. The standard InChI is InChI=1S/C26H24N6O4/c1-2-14-30(17-31-23-9-4-3-8-22(23)25(34)29-26(31)27)20-12-10-19(11-13-20)24(33)28-16-18-6-5-7-21(15-18)32(35)36/h1,3-13,15,26H,14,16-17,27H2,(H,28,33)(H,29,34). The molecule has 1 unspecified atom stereocenters. The third-order valence-electron chi connectivity index (χ3n) is 5.75. The second-order valence-corrected chi connectivity index (χ2v) is 8.11. The van der Waals surface area contributed by atoms with Crippen LogP contribution in [-0.2, 0) is 6.54 Å². The molecule has 2 amide bonds. The largest absolute Gasteiger partial charge is 0.348 e. The molecule has 10 heteroatoms. The molecular weight excluding hydrogens is 460 g/mol. The number of para-hydroxylation sites is 1. The van der Waals surface area contributed by atoms with Gasteiger partial charge in [-0.3, -0.25) is 25.4 Å². The first kappa shape index (κ1) is 24.3. The van der Waals surface area contributed by atoms with Crippen LogP contribution in [-0.4, -0.2) is 36.2 Å². The van der Waals surface area contributed by atoms with E-state index in [0.717, 1.165) is 5.69 Å². The third-order valence-corrected chi connectivity index (χ3v) is 5.75. The quantitative estimate of drug-likeness (QED) is 0.254. The minimum absolute atomic E-state index is 0.0321. The van der Waals surface area contributed by atoms with Gasteiger partial charge < -0.3 is 20.4 Å². The Kier molecular flexibility index (Phi) is 7.13. The van der Waals surface area contributed by atoms with Crippen molar-refractivity contribution < 1.29 is 14.5 Å². The number of anilines is 2. The lowest BCUT2D eigenvalue weighted by molar-refractivity contribution is -0.384. The Labute approximate surface area is 207 Å². The number of rotatable bonds is 8. The molecule has 36 heavy (non-hydrogen) atoms. The highest BCUT2D eigenvalue weighted by atomic mass is 16.6. The predicted molar refractivity (Wildman–Crippen MR) is 136 cm³/mol. The maximum absolute atomic E-state index is 12.6. The van der Waals surface area contributed by atoms with E-state index in [-0.39, 0.29) is 30.6 Å². The first-order chi connectivity index (χ1) is 17.4. The van der Waals surface area contributed by atoms with E-state index in [1.54, 1.807) is 48.5 Å². The van der Waals surface area contributed by atoms with Crippen LogP contribution in [0.5, 0.6) is 0 Å². The van der Waals surface area contributed by atoms with Crippen LogP contribution in [0.1, 0.15) is 26.3 Å². The van der Waals surface area contributed by atoms with Crippen LogP contribution in [0.2, 0.25) is 0 Å². The number of hydrogen-bond donors (Lipinski definition) is 3. The van der Waals surface area contributed by atoms with Gasteiger partial charge in [0, 0.05) is 29.9 Å². The van der Waals surface area contributed by atoms with Gasteiger partial charge in [0.2, 0.25) is 0 Å². The van der Waals surface area contributed by atoms with Crippen LogP contribution >= 0.6 is 0 Å². The Bertz CT molecular complexity index is 1330. The molecule has 0 radical (unpaired) electrons. The normalized spacial score (nSPS) is 14.3. The van der Waals surface area contributed by atoms with Crippen molar-refractivity contribution in [1.29, 1.82) is 0 Å². The number of carbonyl (C=O) groups excluding carboxylic acids is 2. The Morgan fingerprint density at radius 1 is 1.17 bits per heavy atom. The zero-order valence-corrected chi connectivity index (χ0v) is 19.3. The van der Waals surface area contributed by atoms with Crippen LogP contribution < -0.4 is 26.2 Å². The van der Waals surface area contributed by atoms with Gasteiger partial charge in [-0.05, 0) is 42.0 Å². The fourth-order valence-electron chi connectivity index (χ4n) is 3.93. The highest BCUT2D eigenvalue weighted by Crippen LogP contribution is 2.26. The van der Waals surface area contributed by atoms with Gasteiger partial charge in [0.1, 0.15) is 0 Å². The highest BCUT2D eigenvalue weighted by Gasteiger charge is 2.29. The van der Waals surface area contributed by atoms with E-state index in [2.05, 4.69) is 16.6 Å². The summed E-state index contributed by atoms with van der Waals surface area (Å²) >= 11 is 0. The Morgan fingerprint density at radius 3 is 2.64 bits per heavy atom. The maximum atomic E-state index is 12.6. The topological polar surface area (TPSA) is 134 Å². The van der Waals surface area contributed by atoms with Gasteiger partial charge >= 0.3 is 0 Å². The summed E-state index contributed by atoms with van der Waals surface area (Å²) in [6.07, 6.45) is 4.88. The minimum atomic E-state index is -0.730. The fraction of sp³-hybridized carbons (Fsp3) is 0.154. The number of benzene rings is 3. The summed E-state index contributed by atoms with van der Waals surface area (Å²) in [5.41, 5.74) is 9.22. The first-order valence-electron chi connectivity index (χ1n) is 11.1. The molecule has 0 bridgehead atoms. The highest BCUT2D eigenvalue weighted by molar-refractivity contribution is 6.02. The molecule has 0 aromatic heterocycles. The van der Waals surface area contributed by atoms with Crippen LogP contribution in [0.15, 0.2) is 72.8 Å². The summed E-state index contributed by atoms with van der Waals surface area (Å²) in [5, 5.41) is 16.5. The Balaban J connectivity index is 1.46. The molecule has 4 N–H and O–H groups in total. The second-order valence-electron chi connectivity index (χ2n) is 8.11. The Hall–Kier alpha value is -4.88. The lowest BCUT2D eigenvalue weighted by Crippen LogP contribution is -2.60. The number of nitrogens with one attached hydrogen (secondary N) is 2. The van der Waals surface area contributed by atoms with Crippen molar-refractivity contribution in [2.24, 2.45) is 5.73 Å². The number of terminal acetylenes is 1. The third kappa shape index (κ3) is 5.27. The van der Waals surface area contributed by atoms with Gasteiger partial charge in [-0.1, -0.05) is 30.2 Å². The lowest BCUT2D eigenvalue weighted by atomic mass is 10.1. The first-order valence-corrected chi connectivity index (χ1v) is 11.1. The van der Waals surface area contributed by atoms with E-state index in [4.69, 9.17) is 12.2 Å². The number of nitro groups is 1. The smallest absolute Gasteiger partial charge is 0.269 e. The number of nitrogens with two attached hydrogens (primary N) is 1. The molecule has 3 aromatic rings. The molecule has 1 atom stereocenters. The average Bonchev–Trinajstić information content (AvgIpc) is 2.89. The Morgan fingerprint density at radius 2 is 1.92 bits per heavy atom. The van der Waals surface area contributed by atoms with Crippen molar-refractivity contribution in [2.75, 3.05) is 23.0 Å². The molecule has 0 fully saturated rings. The van der Waals surface area contributed by atoms with E-state index in [9.17, 15) is 19.7 Å². The van der Waals surface area contributed by atoms with Crippen LogP contribution in [0, 0.1) is 22.5 Å². The van der Waals surface area contributed by atoms with Crippen molar-refractivity contribution in [1.82, 2.24) is 10.6 Å². The molecule has 4 rings (SSSR count). The van der Waals surface area contributed by atoms with Gasteiger partial charge in [0.05, 0.1) is 29.4 Å². The predicted octanol–water partition coefficient (Wildman–Crippen LogP) is 2.41. The molecule has 0 saturated carbocycles. The van der Waals surface area contributed by atoms with Crippen LogP contribution in [0.25, 0.3) is 0 Å². The van der Waals surface area contributed by atoms with Gasteiger partial charge in [-0.2, -0.15) is 0 Å². The van der Waals surface area contributed by atoms with Crippen LogP contribution in [0.3, 0.4) is 0 Å². The van der Waals surface area contributed by atoms with Gasteiger partial charge in [-0.15, -0.1) is 6.42 Å². The van der Waals surface area contributed by atoms with Crippen molar-refractivity contribution in [3.63, 3.8) is 0 Å². The van der Waals surface area contributed by atoms with Crippen molar-refractivity contribution >= 4 is 28.9 Å². The molecule has 1 heterocycles.